The van der Waals surface area contributed by atoms with Crippen LogP contribution in [0.25, 0.3) is 0 Å². The number of rotatable bonds is 5. The topological polar surface area (TPSA) is 69.6 Å². The smallest absolute Gasteiger partial charge is 0.138 e. The van der Waals surface area contributed by atoms with E-state index in [1.54, 1.807) is 11.0 Å². The maximum atomic E-state index is 5.68. The summed E-state index contributed by atoms with van der Waals surface area (Å²) < 4.78 is 1.77. The summed E-state index contributed by atoms with van der Waals surface area (Å²) in [7, 11) is 0. The van der Waals surface area contributed by atoms with E-state index in [1.807, 2.05) is 0 Å². The minimum absolute atomic E-state index is 0.480. The summed E-state index contributed by atoms with van der Waals surface area (Å²) in [6.45, 7) is 1.75. The Bertz CT molecular complexity index is 252. The lowest BCUT2D eigenvalue weighted by Crippen LogP contribution is -2.16. The molecule has 1 saturated carbocycles. The van der Waals surface area contributed by atoms with Crippen LogP contribution in [0, 0.1) is 5.41 Å². The molecule has 5 heteroatoms. The second-order valence-electron chi connectivity index (χ2n) is 3.88. The molecule has 0 amide bonds. The van der Waals surface area contributed by atoms with Crippen LogP contribution < -0.4 is 5.73 Å². The Morgan fingerprint density at radius 2 is 2.31 bits per heavy atom. The maximum Gasteiger partial charge on any atom is 0.138 e. The van der Waals surface area contributed by atoms with Gasteiger partial charge in [0.15, 0.2) is 0 Å². The molecule has 13 heavy (non-hydrogen) atoms. The molecular weight excluding hydrogens is 166 g/mol. The number of hydrogen-bond donors (Lipinski definition) is 1. The second-order valence-corrected chi connectivity index (χ2v) is 3.88. The molecule has 5 nitrogen and oxygen atoms in total. The summed E-state index contributed by atoms with van der Waals surface area (Å²) in [5.74, 6) is 0. The van der Waals surface area contributed by atoms with Crippen molar-refractivity contribution in [1.29, 1.82) is 0 Å². The Morgan fingerprint density at radius 1 is 1.46 bits per heavy atom. The summed E-state index contributed by atoms with van der Waals surface area (Å²) >= 11 is 0. The van der Waals surface area contributed by atoms with Gasteiger partial charge >= 0.3 is 0 Å². The molecule has 0 aromatic carbocycles. The van der Waals surface area contributed by atoms with Gasteiger partial charge in [-0.15, -0.1) is 5.10 Å². The fraction of sp³-hybridized carbons (Fsp3) is 0.875. The molecule has 0 aliphatic heterocycles. The molecule has 0 bridgehead atoms. The van der Waals surface area contributed by atoms with Crippen LogP contribution >= 0.6 is 0 Å². The van der Waals surface area contributed by atoms with Gasteiger partial charge in [0, 0.05) is 6.54 Å². The average Bonchev–Trinajstić information content (AvgIpc) is 2.74. The van der Waals surface area contributed by atoms with Crippen LogP contribution in [0.1, 0.15) is 25.7 Å². The molecule has 1 aromatic heterocycles. The number of nitrogens with two attached hydrogens (primary N) is 1. The number of aryl methyl sites for hydroxylation is 1. The first-order valence-corrected chi connectivity index (χ1v) is 4.76. The van der Waals surface area contributed by atoms with E-state index >= 15 is 0 Å². The first-order valence-electron chi connectivity index (χ1n) is 4.76. The van der Waals surface area contributed by atoms with Crippen molar-refractivity contribution in [2.24, 2.45) is 11.1 Å². The van der Waals surface area contributed by atoms with Gasteiger partial charge in [0.1, 0.15) is 6.33 Å². The highest BCUT2D eigenvalue weighted by molar-refractivity contribution is 4.93. The van der Waals surface area contributed by atoms with Crippen molar-refractivity contribution < 1.29 is 0 Å². The molecule has 0 spiro atoms. The quantitative estimate of drug-likeness (QED) is 0.704. The van der Waals surface area contributed by atoms with Gasteiger partial charge in [-0.05, 0) is 48.1 Å². The van der Waals surface area contributed by atoms with E-state index in [2.05, 4.69) is 15.5 Å². The Kier molecular flexibility index (Phi) is 2.26. The van der Waals surface area contributed by atoms with Crippen LogP contribution in [-0.2, 0) is 6.54 Å². The molecule has 0 unspecified atom stereocenters. The van der Waals surface area contributed by atoms with Crippen LogP contribution in [0.5, 0.6) is 0 Å². The number of tetrazole rings is 1. The lowest BCUT2D eigenvalue weighted by Gasteiger charge is -2.10. The van der Waals surface area contributed by atoms with E-state index in [-0.39, 0.29) is 0 Å². The van der Waals surface area contributed by atoms with Gasteiger partial charge in [0.2, 0.25) is 0 Å². The molecule has 0 radical (unpaired) electrons. The van der Waals surface area contributed by atoms with Crippen molar-refractivity contribution in [2.45, 2.75) is 32.2 Å². The van der Waals surface area contributed by atoms with Gasteiger partial charge < -0.3 is 5.73 Å². The van der Waals surface area contributed by atoms with Crippen molar-refractivity contribution >= 4 is 0 Å². The van der Waals surface area contributed by atoms with Crippen molar-refractivity contribution in [2.75, 3.05) is 6.54 Å². The lowest BCUT2D eigenvalue weighted by molar-refractivity contribution is 0.424. The lowest BCUT2D eigenvalue weighted by atomic mass is 10.0. The first kappa shape index (κ1) is 8.62. The van der Waals surface area contributed by atoms with Gasteiger partial charge in [-0.25, -0.2) is 4.68 Å². The zero-order valence-electron chi connectivity index (χ0n) is 7.69. The zero-order chi connectivity index (χ0) is 9.15. The minimum Gasteiger partial charge on any atom is -0.330 e. The molecule has 1 aromatic rings. The van der Waals surface area contributed by atoms with E-state index in [9.17, 15) is 0 Å². The first-order chi connectivity index (χ1) is 6.35. The molecule has 0 atom stereocenters. The highest BCUT2D eigenvalue weighted by Crippen LogP contribution is 2.48. The molecule has 2 rings (SSSR count). The summed E-state index contributed by atoms with van der Waals surface area (Å²) in [6.07, 6.45) is 6.60. The largest absolute Gasteiger partial charge is 0.330 e. The third kappa shape index (κ3) is 2.03. The van der Waals surface area contributed by atoms with Crippen molar-refractivity contribution in [3.05, 3.63) is 6.33 Å². The predicted molar refractivity (Wildman–Crippen MR) is 47.8 cm³/mol. The predicted octanol–water partition coefficient (Wildman–Crippen LogP) is 0.192. The molecule has 2 N–H and O–H groups in total. The number of hydrogen-bond acceptors (Lipinski definition) is 4. The summed E-state index contributed by atoms with van der Waals surface area (Å²) in [6, 6.07) is 0. The monoisotopic (exact) mass is 181 g/mol. The third-order valence-electron chi connectivity index (χ3n) is 2.88. The van der Waals surface area contributed by atoms with Crippen molar-refractivity contribution in [1.82, 2.24) is 20.2 Å². The van der Waals surface area contributed by atoms with E-state index in [0.717, 1.165) is 19.5 Å². The molecule has 72 valence electrons. The fourth-order valence-corrected chi connectivity index (χ4v) is 1.63. The normalized spacial score (nSPS) is 18.8. The van der Waals surface area contributed by atoms with Gasteiger partial charge in [-0.1, -0.05) is 0 Å². The van der Waals surface area contributed by atoms with Gasteiger partial charge in [-0.2, -0.15) is 0 Å². The summed E-state index contributed by atoms with van der Waals surface area (Å²) in [5.41, 5.74) is 6.16. The van der Waals surface area contributed by atoms with Crippen LogP contribution in [0.2, 0.25) is 0 Å². The molecule has 1 aliphatic carbocycles. The van der Waals surface area contributed by atoms with Crippen molar-refractivity contribution in [3.63, 3.8) is 0 Å². The van der Waals surface area contributed by atoms with Gasteiger partial charge in [0.05, 0.1) is 0 Å². The Hall–Kier alpha value is -0.970. The maximum absolute atomic E-state index is 5.68. The van der Waals surface area contributed by atoms with E-state index in [0.29, 0.717) is 5.41 Å². The number of nitrogens with zero attached hydrogens (tertiary/aromatic N) is 4. The van der Waals surface area contributed by atoms with Gasteiger partial charge in [-0.3, -0.25) is 0 Å². The highest BCUT2D eigenvalue weighted by atomic mass is 15.5. The molecule has 1 fully saturated rings. The summed E-state index contributed by atoms with van der Waals surface area (Å²) in [4.78, 5) is 0. The molecular formula is C8H15N5. The zero-order valence-corrected chi connectivity index (χ0v) is 7.69. The Labute approximate surface area is 77.3 Å². The Morgan fingerprint density at radius 3 is 2.85 bits per heavy atom. The fourth-order valence-electron chi connectivity index (χ4n) is 1.63. The average molecular weight is 181 g/mol. The summed E-state index contributed by atoms with van der Waals surface area (Å²) in [5, 5.41) is 11.0. The van der Waals surface area contributed by atoms with E-state index < -0.39 is 0 Å². The van der Waals surface area contributed by atoms with Crippen molar-refractivity contribution in [3.8, 4) is 0 Å². The van der Waals surface area contributed by atoms with Crippen LogP contribution in [-0.4, -0.2) is 26.8 Å². The standard InChI is InChI=1S/C8H15N5/c9-6-8(3-4-8)2-1-5-13-7-10-11-12-13/h7H,1-6,9H2. The van der Waals surface area contributed by atoms with Crippen LogP contribution in [0.3, 0.4) is 0 Å². The van der Waals surface area contributed by atoms with Gasteiger partial charge in [0.25, 0.3) is 0 Å². The van der Waals surface area contributed by atoms with E-state index in [4.69, 9.17) is 5.73 Å². The number of aromatic nitrogens is 4. The molecule has 1 heterocycles. The van der Waals surface area contributed by atoms with Crippen LogP contribution in [0.15, 0.2) is 6.33 Å². The second kappa shape index (κ2) is 3.41. The van der Waals surface area contributed by atoms with Crippen LogP contribution in [0.4, 0.5) is 0 Å². The highest BCUT2D eigenvalue weighted by Gasteiger charge is 2.40. The minimum atomic E-state index is 0.480. The van der Waals surface area contributed by atoms with E-state index in [1.165, 1.54) is 19.3 Å². The molecule has 0 saturated heterocycles. The third-order valence-corrected chi connectivity index (χ3v) is 2.88. The molecule has 1 aliphatic rings. The SMILES string of the molecule is NCC1(CCCn2cnnn2)CC1. The Balaban J connectivity index is 1.70.